The van der Waals surface area contributed by atoms with E-state index in [-0.39, 0.29) is 6.42 Å². The number of fused-ring (bicyclic) bond motifs is 2. The largest absolute Gasteiger partial charge is 0.324 e. The molecule has 1 unspecified atom stereocenters. The summed E-state index contributed by atoms with van der Waals surface area (Å²) in [4.78, 5) is 40.9. The predicted molar refractivity (Wildman–Crippen MR) is 123 cm³/mol. The Labute approximate surface area is 185 Å². The summed E-state index contributed by atoms with van der Waals surface area (Å²) in [5.41, 5.74) is 2.16. The number of nitrogens with zero attached hydrogens (tertiary/aromatic N) is 1. The summed E-state index contributed by atoms with van der Waals surface area (Å²) in [5.74, 6) is -1.29. The average molecular weight is 420 g/mol. The van der Waals surface area contributed by atoms with E-state index >= 15 is 0 Å². The fraction of sp³-hybridized carbons (Fsp3) is 0.0741. The first-order chi connectivity index (χ1) is 15.6. The van der Waals surface area contributed by atoms with Crippen molar-refractivity contribution in [2.75, 3.05) is 5.32 Å². The molecule has 5 nitrogen and oxygen atoms in total. The highest BCUT2D eigenvalue weighted by Crippen LogP contribution is 2.28. The molecular formula is C27H20N2O3. The standard InChI is InChI=1S/C27H20N2O3/c30-25(28-23-16-8-12-19-11-4-5-13-20(19)23)24(17-18-9-2-1-3-10-18)29-26(31)21-14-6-7-15-22(21)27(29)32/h1-16,24H,17H2,(H,28,30). The molecule has 0 radical (unpaired) electrons. The van der Waals surface area contributed by atoms with E-state index in [1.165, 1.54) is 0 Å². The minimum absolute atomic E-state index is 0.225. The van der Waals surface area contributed by atoms with Crippen LogP contribution in [0.1, 0.15) is 26.3 Å². The minimum atomic E-state index is -0.983. The lowest BCUT2D eigenvalue weighted by atomic mass is 10.0. The van der Waals surface area contributed by atoms with Crippen molar-refractivity contribution >= 4 is 34.2 Å². The van der Waals surface area contributed by atoms with Crippen molar-refractivity contribution in [3.05, 3.63) is 114 Å². The van der Waals surface area contributed by atoms with Crippen molar-refractivity contribution < 1.29 is 14.4 Å². The van der Waals surface area contributed by atoms with Crippen molar-refractivity contribution in [2.45, 2.75) is 12.5 Å². The first-order valence-corrected chi connectivity index (χ1v) is 10.4. The molecule has 4 aromatic rings. The number of carbonyl (C=O) groups is 3. The lowest BCUT2D eigenvalue weighted by Gasteiger charge is -2.26. The third-order valence-corrected chi connectivity index (χ3v) is 5.76. The van der Waals surface area contributed by atoms with Crippen molar-refractivity contribution in [2.24, 2.45) is 0 Å². The number of carbonyl (C=O) groups excluding carboxylic acids is 3. The van der Waals surface area contributed by atoms with Crippen LogP contribution < -0.4 is 5.32 Å². The normalized spacial score (nSPS) is 13.8. The molecule has 0 saturated heterocycles. The fourth-order valence-corrected chi connectivity index (χ4v) is 4.18. The summed E-state index contributed by atoms with van der Waals surface area (Å²) in [7, 11) is 0. The second kappa shape index (κ2) is 8.12. The number of nitrogens with one attached hydrogen (secondary N) is 1. The molecular weight excluding hydrogens is 400 g/mol. The van der Waals surface area contributed by atoms with Gasteiger partial charge < -0.3 is 5.32 Å². The van der Waals surface area contributed by atoms with Crippen LogP contribution in [-0.4, -0.2) is 28.7 Å². The highest BCUT2D eigenvalue weighted by molar-refractivity contribution is 6.23. The van der Waals surface area contributed by atoms with Crippen molar-refractivity contribution in [1.29, 1.82) is 0 Å². The van der Waals surface area contributed by atoms with Gasteiger partial charge in [0.2, 0.25) is 5.91 Å². The Kier molecular flexibility index (Phi) is 5.00. The second-order valence-electron chi connectivity index (χ2n) is 7.75. The molecule has 1 aliphatic heterocycles. The Balaban J connectivity index is 1.52. The minimum Gasteiger partial charge on any atom is -0.324 e. The molecule has 1 atom stereocenters. The first kappa shape index (κ1) is 19.7. The van der Waals surface area contributed by atoms with Gasteiger partial charge in [-0.2, -0.15) is 0 Å². The molecule has 5 rings (SSSR count). The zero-order valence-electron chi connectivity index (χ0n) is 17.2. The van der Waals surface area contributed by atoms with E-state index < -0.39 is 23.8 Å². The van der Waals surface area contributed by atoms with Gasteiger partial charge in [-0.15, -0.1) is 0 Å². The average Bonchev–Trinajstić information content (AvgIpc) is 3.08. The monoisotopic (exact) mass is 420 g/mol. The fourth-order valence-electron chi connectivity index (χ4n) is 4.18. The molecule has 4 aromatic carbocycles. The molecule has 1 aliphatic rings. The number of rotatable bonds is 5. The van der Waals surface area contributed by atoms with E-state index in [1.807, 2.05) is 72.8 Å². The maximum absolute atomic E-state index is 13.5. The maximum atomic E-state index is 13.5. The molecule has 0 fully saturated rings. The molecule has 156 valence electrons. The highest BCUT2D eigenvalue weighted by atomic mass is 16.2. The van der Waals surface area contributed by atoms with Gasteiger partial charge in [0, 0.05) is 17.5 Å². The lowest BCUT2D eigenvalue weighted by Crippen LogP contribution is -2.48. The molecule has 1 heterocycles. The second-order valence-corrected chi connectivity index (χ2v) is 7.75. The van der Waals surface area contributed by atoms with E-state index in [0.29, 0.717) is 16.8 Å². The number of hydrogen-bond donors (Lipinski definition) is 1. The quantitative estimate of drug-likeness (QED) is 0.477. The number of hydrogen-bond acceptors (Lipinski definition) is 3. The van der Waals surface area contributed by atoms with E-state index in [9.17, 15) is 14.4 Å². The molecule has 0 spiro atoms. The van der Waals surface area contributed by atoms with Crippen LogP contribution in [-0.2, 0) is 11.2 Å². The molecule has 32 heavy (non-hydrogen) atoms. The number of anilines is 1. The third-order valence-electron chi connectivity index (χ3n) is 5.76. The van der Waals surface area contributed by atoms with Crippen molar-refractivity contribution in [1.82, 2.24) is 4.90 Å². The van der Waals surface area contributed by atoms with Gasteiger partial charge in [0.1, 0.15) is 6.04 Å². The van der Waals surface area contributed by atoms with Crippen molar-refractivity contribution in [3.63, 3.8) is 0 Å². The first-order valence-electron chi connectivity index (χ1n) is 10.4. The van der Waals surface area contributed by atoms with Gasteiger partial charge in [0.15, 0.2) is 0 Å². The molecule has 0 aromatic heterocycles. The number of benzene rings is 4. The highest BCUT2D eigenvalue weighted by Gasteiger charge is 2.42. The predicted octanol–water partition coefficient (Wildman–Crippen LogP) is 4.69. The summed E-state index contributed by atoms with van der Waals surface area (Å²) in [6.07, 6.45) is 0.225. The Morgan fingerprint density at radius 2 is 1.31 bits per heavy atom. The van der Waals surface area contributed by atoms with Gasteiger partial charge in [0.25, 0.3) is 11.8 Å². The topological polar surface area (TPSA) is 66.5 Å². The molecule has 1 N–H and O–H groups in total. The van der Waals surface area contributed by atoms with E-state index in [0.717, 1.165) is 21.2 Å². The van der Waals surface area contributed by atoms with Crippen LogP contribution in [0.15, 0.2) is 97.1 Å². The number of amides is 3. The Morgan fingerprint density at radius 1 is 0.719 bits per heavy atom. The van der Waals surface area contributed by atoms with Gasteiger partial charge in [-0.05, 0) is 29.1 Å². The van der Waals surface area contributed by atoms with Crippen LogP contribution in [0.4, 0.5) is 5.69 Å². The van der Waals surface area contributed by atoms with Gasteiger partial charge >= 0.3 is 0 Å². The van der Waals surface area contributed by atoms with Crippen LogP contribution in [0.25, 0.3) is 10.8 Å². The van der Waals surface area contributed by atoms with Crippen LogP contribution in [0.5, 0.6) is 0 Å². The maximum Gasteiger partial charge on any atom is 0.262 e. The van der Waals surface area contributed by atoms with E-state index in [4.69, 9.17) is 0 Å². The summed E-state index contributed by atoms with van der Waals surface area (Å²) < 4.78 is 0. The van der Waals surface area contributed by atoms with Crippen LogP contribution in [0, 0.1) is 0 Å². The third kappa shape index (κ3) is 3.44. The zero-order valence-corrected chi connectivity index (χ0v) is 17.2. The number of imide groups is 1. The SMILES string of the molecule is O=C(Nc1cccc2ccccc12)C(Cc1ccccc1)N1C(=O)c2ccccc2C1=O. The molecule has 5 heteroatoms. The van der Waals surface area contributed by atoms with Crippen molar-refractivity contribution in [3.8, 4) is 0 Å². The molecule has 0 aliphatic carbocycles. The van der Waals surface area contributed by atoms with Gasteiger partial charge in [0.05, 0.1) is 11.1 Å². The van der Waals surface area contributed by atoms with Gasteiger partial charge in [-0.3, -0.25) is 19.3 Å². The molecule has 3 amide bonds. The zero-order chi connectivity index (χ0) is 22.1. The Bertz CT molecular complexity index is 1310. The van der Waals surface area contributed by atoms with Gasteiger partial charge in [-0.25, -0.2) is 0 Å². The summed E-state index contributed by atoms with van der Waals surface area (Å²) in [6, 6.07) is 28.5. The summed E-state index contributed by atoms with van der Waals surface area (Å²) in [5, 5.41) is 4.85. The van der Waals surface area contributed by atoms with E-state index in [2.05, 4.69) is 5.32 Å². The summed E-state index contributed by atoms with van der Waals surface area (Å²) >= 11 is 0. The smallest absolute Gasteiger partial charge is 0.262 e. The van der Waals surface area contributed by atoms with Crippen LogP contribution in [0.3, 0.4) is 0 Å². The van der Waals surface area contributed by atoms with Crippen LogP contribution >= 0.6 is 0 Å². The Hall–Kier alpha value is -4.25. The van der Waals surface area contributed by atoms with Crippen LogP contribution in [0.2, 0.25) is 0 Å². The molecule has 0 bridgehead atoms. The van der Waals surface area contributed by atoms with Gasteiger partial charge in [-0.1, -0.05) is 78.9 Å². The van der Waals surface area contributed by atoms with E-state index in [1.54, 1.807) is 24.3 Å². The summed E-state index contributed by atoms with van der Waals surface area (Å²) in [6.45, 7) is 0. The lowest BCUT2D eigenvalue weighted by molar-refractivity contribution is -0.119. The molecule has 0 saturated carbocycles. The Morgan fingerprint density at radius 3 is 2.03 bits per heavy atom.